The van der Waals surface area contributed by atoms with Gasteiger partial charge < -0.3 is 0 Å². The molecule has 2 heteroatoms. The summed E-state index contributed by atoms with van der Waals surface area (Å²) in [5.41, 5.74) is 0. The Morgan fingerprint density at radius 3 is 2.71 bits per heavy atom. The lowest BCUT2D eigenvalue weighted by atomic mass is 10.3. The zero-order valence-corrected chi connectivity index (χ0v) is 4.65. The second-order valence-electron chi connectivity index (χ2n) is 1.12. The quantitative estimate of drug-likeness (QED) is 0.397. The summed E-state index contributed by atoms with van der Waals surface area (Å²) < 4.78 is 0. The summed E-state index contributed by atoms with van der Waals surface area (Å²) in [6.07, 6.45) is 2.19. The van der Waals surface area contributed by atoms with Crippen LogP contribution in [0.5, 0.6) is 0 Å². The van der Waals surface area contributed by atoms with Crippen LogP contribution in [0.3, 0.4) is 0 Å². The molecule has 0 amide bonds. The highest BCUT2D eigenvalue weighted by Crippen LogP contribution is 1.98. The number of rotatable bonds is 2. The Hall–Kier alpha value is -0.480. The molecule has 0 saturated carbocycles. The van der Waals surface area contributed by atoms with Crippen LogP contribution < -0.4 is 0 Å². The maximum Gasteiger partial charge on any atom is 0.124 e. The number of hydrogen-bond donors (Lipinski definition) is 0. The Kier molecular flexibility index (Phi) is 3.45. The van der Waals surface area contributed by atoms with Crippen molar-refractivity contribution in [3.05, 3.63) is 12.7 Å². The Morgan fingerprint density at radius 2 is 2.57 bits per heavy atom. The summed E-state index contributed by atoms with van der Waals surface area (Å²) in [6, 6.07) is 1.86. The molecule has 38 valence electrons. The van der Waals surface area contributed by atoms with Gasteiger partial charge in [0.15, 0.2) is 0 Å². The number of alkyl halides is 1. The van der Waals surface area contributed by atoms with E-state index in [9.17, 15) is 0 Å². The Labute approximate surface area is 48.2 Å². The monoisotopic (exact) mass is 115 g/mol. The van der Waals surface area contributed by atoms with Crippen LogP contribution in [0, 0.1) is 11.3 Å². The van der Waals surface area contributed by atoms with Crippen molar-refractivity contribution in [2.45, 2.75) is 11.8 Å². The fraction of sp³-hybridized carbons (Fsp3) is 0.400. The summed E-state index contributed by atoms with van der Waals surface area (Å²) in [6.45, 7) is 3.41. The van der Waals surface area contributed by atoms with Gasteiger partial charge in [0.05, 0.1) is 6.07 Å². The van der Waals surface area contributed by atoms with E-state index in [4.69, 9.17) is 16.9 Å². The molecule has 1 atom stereocenters. The first-order valence-electron chi connectivity index (χ1n) is 1.96. The molecular weight excluding hydrogens is 110 g/mol. The van der Waals surface area contributed by atoms with Gasteiger partial charge in [0, 0.05) is 0 Å². The van der Waals surface area contributed by atoms with Gasteiger partial charge in [-0.1, -0.05) is 6.08 Å². The average Bonchev–Trinajstić information content (AvgIpc) is 1.68. The van der Waals surface area contributed by atoms with Crippen molar-refractivity contribution < 1.29 is 0 Å². The summed E-state index contributed by atoms with van der Waals surface area (Å²) in [7, 11) is 0. The molecule has 0 aliphatic carbocycles. The number of nitrogens with zero attached hydrogens (tertiary/aromatic N) is 1. The first-order chi connectivity index (χ1) is 3.31. The molecule has 7 heavy (non-hydrogen) atoms. The molecule has 0 aliphatic heterocycles. The van der Waals surface area contributed by atoms with E-state index in [0.29, 0.717) is 6.42 Å². The van der Waals surface area contributed by atoms with Crippen molar-refractivity contribution in [3.8, 4) is 6.07 Å². The van der Waals surface area contributed by atoms with Gasteiger partial charge in [-0.3, -0.25) is 0 Å². The molecule has 0 rings (SSSR count). The lowest BCUT2D eigenvalue weighted by molar-refractivity contribution is 1.07. The van der Waals surface area contributed by atoms with Crippen molar-refractivity contribution in [3.63, 3.8) is 0 Å². The van der Waals surface area contributed by atoms with E-state index in [-0.39, 0.29) is 0 Å². The Bertz CT molecular complexity index is 92.7. The standard InChI is InChI=1S/C5H6ClN/c1-2-3-5(6)4-7/h2,5H,1,3H2. The smallest absolute Gasteiger partial charge is 0.124 e. The van der Waals surface area contributed by atoms with Crippen molar-refractivity contribution in [1.82, 2.24) is 0 Å². The van der Waals surface area contributed by atoms with Crippen molar-refractivity contribution in [1.29, 1.82) is 5.26 Å². The first-order valence-corrected chi connectivity index (χ1v) is 2.39. The van der Waals surface area contributed by atoms with E-state index in [1.165, 1.54) is 0 Å². The lowest BCUT2D eigenvalue weighted by Crippen LogP contribution is -1.87. The van der Waals surface area contributed by atoms with Crippen LogP contribution in [-0.4, -0.2) is 5.38 Å². The van der Waals surface area contributed by atoms with Crippen LogP contribution >= 0.6 is 11.6 Å². The van der Waals surface area contributed by atoms with Gasteiger partial charge in [0.2, 0.25) is 0 Å². The van der Waals surface area contributed by atoms with Crippen LogP contribution in [0.1, 0.15) is 6.42 Å². The van der Waals surface area contributed by atoms with Crippen LogP contribution in [0.4, 0.5) is 0 Å². The Balaban J connectivity index is 3.21. The highest BCUT2D eigenvalue weighted by molar-refractivity contribution is 6.22. The minimum Gasteiger partial charge on any atom is -0.197 e. The molecular formula is C5H6ClN. The van der Waals surface area contributed by atoms with Gasteiger partial charge in [0.1, 0.15) is 5.38 Å². The molecule has 0 aliphatic rings. The molecule has 1 unspecified atom stereocenters. The van der Waals surface area contributed by atoms with E-state index >= 15 is 0 Å². The Morgan fingerprint density at radius 1 is 2.00 bits per heavy atom. The summed E-state index contributed by atoms with van der Waals surface area (Å²) in [4.78, 5) is 0. The van der Waals surface area contributed by atoms with Crippen LogP contribution in [0.25, 0.3) is 0 Å². The van der Waals surface area contributed by atoms with E-state index in [2.05, 4.69) is 6.58 Å². The van der Waals surface area contributed by atoms with Gasteiger partial charge in [-0.05, 0) is 6.42 Å². The molecule has 0 spiro atoms. The van der Waals surface area contributed by atoms with E-state index < -0.39 is 5.38 Å². The predicted molar refractivity (Wildman–Crippen MR) is 30.1 cm³/mol. The summed E-state index contributed by atoms with van der Waals surface area (Å²) in [5, 5.41) is 7.64. The molecule has 0 aromatic rings. The molecule has 0 heterocycles. The van der Waals surface area contributed by atoms with E-state index in [0.717, 1.165) is 0 Å². The van der Waals surface area contributed by atoms with E-state index in [1.54, 1.807) is 6.08 Å². The number of nitriles is 1. The maximum absolute atomic E-state index is 8.04. The largest absolute Gasteiger partial charge is 0.197 e. The fourth-order valence-corrected chi connectivity index (χ4v) is 0.325. The molecule has 0 bridgehead atoms. The van der Waals surface area contributed by atoms with Gasteiger partial charge in [0.25, 0.3) is 0 Å². The maximum atomic E-state index is 8.04. The van der Waals surface area contributed by atoms with Crippen molar-refractivity contribution in [2.75, 3.05) is 0 Å². The van der Waals surface area contributed by atoms with Crippen molar-refractivity contribution >= 4 is 11.6 Å². The fourth-order valence-electron chi connectivity index (χ4n) is 0.199. The number of hydrogen-bond acceptors (Lipinski definition) is 1. The second-order valence-corrected chi connectivity index (χ2v) is 1.65. The third-order valence-corrected chi connectivity index (χ3v) is 0.789. The van der Waals surface area contributed by atoms with Gasteiger partial charge in [-0.2, -0.15) is 5.26 Å². The molecule has 0 radical (unpaired) electrons. The van der Waals surface area contributed by atoms with Crippen molar-refractivity contribution in [2.24, 2.45) is 0 Å². The van der Waals surface area contributed by atoms with Gasteiger partial charge >= 0.3 is 0 Å². The third kappa shape index (κ3) is 3.35. The molecule has 0 saturated heterocycles. The zero-order valence-electron chi connectivity index (χ0n) is 3.89. The number of allylic oxidation sites excluding steroid dienone is 1. The third-order valence-electron chi connectivity index (χ3n) is 0.514. The molecule has 0 fully saturated rings. The molecule has 1 nitrogen and oxygen atoms in total. The van der Waals surface area contributed by atoms with Gasteiger partial charge in [-0.25, -0.2) is 0 Å². The highest BCUT2D eigenvalue weighted by Gasteiger charge is 1.93. The molecule has 0 aromatic carbocycles. The first kappa shape index (κ1) is 6.52. The highest BCUT2D eigenvalue weighted by atomic mass is 35.5. The lowest BCUT2D eigenvalue weighted by Gasteiger charge is -1.86. The normalized spacial score (nSPS) is 12.0. The number of halogens is 1. The minimum atomic E-state index is -0.391. The average molecular weight is 116 g/mol. The second kappa shape index (κ2) is 3.70. The van der Waals surface area contributed by atoms with Crippen LogP contribution in [-0.2, 0) is 0 Å². The summed E-state index contributed by atoms with van der Waals surface area (Å²) >= 11 is 5.33. The zero-order chi connectivity index (χ0) is 5.70. The molecule has 0 aromatic heterocycles. The summed E-state index contributed by atoms with van der Waals surface area (Å²) in [5.74, 6) is 0. The van der Waals surface area contributed by atoms with E-state index in [1.807, 2.05) is 6.07 Å². The van der Waals surface area contributed by atoms with Crippen LogP contribution in [0.2, 0.25) is 0 Å². The SMILES string of the molecule is C=CCC(Cl)C#N. The topological polar surface area (TPSA) is 23.8 Å². The van der Waals surface area contributed by atoms with Gasteiger partial charge in [-0.15, -0.1) is 18.2 Å². The minimum absolute atomic E-state index is 0.391. The van der Waals surface area contributed by atoms with Crippen LogP contribution in [0.15, 0.2) is 12.7 Å². The predicted octanol–water partition coefficient (Wildman–Crippen LogP) is 1.69. The molecule has 0 N–H and O–H groups in total.